The minimum absolute atomic E-state index is 0.0948. The fraction of sp³-hybridized carbons (Fsp3) is 0.583. The standard InChI is InChI=1S/C24H36N6O2/c1-2-3-4-5-18-6-10-21(11-7-18)16-27-24-28-17-22(30(31)32)23(29-24)26-15-20-12-8-19(14-25)9-13-20/h6-7,10-11,17,19-20H,2-5,8-9,12-16,25H2,1H3,(H2,26,27,28,29). The molecule has 0 unspecified atom stereocenters. The summed E-state index contributed by atoms with van der Waals surface area (Å²) in [5.74, 6) is 1.76. The highest BCUT2D eigenvalue weighted by Crippen LogP contribution is 2.29. The molecule has 174 valence electrons. The normalized spacial score (nSPS) is 18.3. The Hall–Kier alpha value is -2.74. The van der Waals surface area contributed by atoms with Gasteiger partial charge < -0.3 is 16.4 Å². The predicted molar refractivity (Wildman–Crippen MR) is 129 cm³/mol. The van der Waals surface area contributed by atoms with E-state index in [0.717, 1.165) is 44.2 Å². The van der Waals surface area contributed by atoms with Crippen LogP contribution in [0.5, 0.6) is 0 Å². The number of unbranched alkanes of at least 4 members (excludes halogenated alkanes) is 2. The molecule has 1 aliphatic carbocycles. The van der Waals surface area contributed by atoms with Gasteiger partial charge in [-0.2, -0.15) is 4.98 Å². The first-order chi connectivity index (χ1) is 15.6. The monoisotopic (exact) mass is 440 g/mol. The summed E-state index contributed by atoms with van der Waals surface area (Å²) in [7, 11) is 0. The Morgan fingerprint density at radius 1 is 1.06 bits per heavy atom. The molecule has 0 radical (unpaired) electrons. The Kier molecular flexibility index (Phi) is 9.22. The Morgan fingerprint density at radius 2 is 1.75 bits per heavy atom. The summed E-state index contributed by atoms with van der Waals surface area (Å²) < 4.78 is 0. The van der Waals surface area contributed by atoms with Gasteiger partial charge in [-0.25, -0.2) is 4.98 Å². The molecule has 1 aromatic carbocycles. The zero-order chi connectivity index (χ0) is 22.8. The van der Waals surface area contributed by atoms with E-state index >= 15 is 0 Å². The third kappa shape index (κ3) is 7.15. The highest BCUT2D eigenvalue weighted by molar-refractivity contribution is 5.57. The number of nitro groups is 1. The summed E-state index contributed by atoms with van der Waals surface area (Å²) in [4.78, 5) is 19.5. The van der Waals surface area contributed by atoms with Gasteiger partial charge in [0.05, 0.1) is 4.92 Å². The Morgan fingerprint density at radius 3 is 2.41 bits per heavy atom. The van der Waals surface area contributed by atoms with Gasteiger partial charge in [-0.3, -0.25) is 10.1 Å². The Balaban J connectivity index is 1.56. The van der Waals surface area contributed by atoms with E-state index in [2.05, 4.69) is 51.8 Å². The lowest BCUT2D eigenvalue weighted by Gasteiger charge is -2.27. The van der Waals surface area contributed by atoms with E-state index in [1.165, 1.54) is 31.0 Å². The number of benzene rings is 1. The third-order valence-corrected chi connectivity index (χ3v) is 6.37. The van der Waals surface area contributed by atoms with Gasteiger partial charge in [0.15, 0.2) is 0 Å². The quantitative estimate of drug-likeness (QED) is 0.244. The summed E-state index contributed by atoms with van der Waals surface area (Å²) in [5.41, 5.74) is 8.15. The van der Waals surface area contributed by atoms with Crippen LogP contribution in [0.25, 0.3) is 0 Å². The molecule has 0 spiro atoms. The van der Waals surface area contributed by atoms with Crippen molar-refractivity contribution in [3.05, 3.63) is 51.7 Å². The van der Waals surface area contributed by atoms with Gasteiger partial charge in [0.1, 0.15) is 6.20 Å². The molecule has 32 heavy (non-hydrogen) atoms. The van der Waals surface area contributed by atoms with Crippen molar-refractivity contribution in [2.45, 2.75) is 64.8 Å². The second-order valence-corrected chi connectivity index (χ2v) is 8.82. The van der Waals surface area contributed by atoms with Crippen LogP contribution in [-0.2, 0) is 13.0 Å². The Bertz CT molecular complexity index is 850. The van der Waals surface area contributed by atoms with Crippen molar-refractivity contribution in [3.63, 3.8) is 0 Å². The second kappa shape index (κ2) is 12.3. The summed E-state index contributed by atoms with van der Waals surface area (Å²) in [5, 5.41) is 17.8. The number of anilines is 2. The molecule has 3 rings (SSSR count). The number of nitrogens with two attached hydrogens (primary N) is 1. The molecular formula is C24H36N6O2. The van der Waals surface area contributed by atoms with Crippen LogP contribution in [0.2, 0.25) is 0 Å². The average Bonchev–Trinajstić information content (AvgIpc) is 2.82. The predicted octanol–water partition coefficient (Wildman–Crippen LogP) is 4.91. The van der Waals surface area contributed by atoms with Crippen molar-refractivity contribution >= 4 is 17.5 Å². The summed E-state index contributed by atoms with van der Waals surface area (Å²) in [6, 6.07) is 8.54. The van der Waals surface area contributed by atoms with Crippen LogP contribution in [0, 0.1) is 22.0 Å². The number of hydrogen-bond acceptors (Lipinski definition) is 7. The number of rotatable bonds is 12. The SMILES string of the molecule is CCCCCc1ccc(CNc2ncc([N+](=O)[O-])c(NCC3CCC(CN)CC3)n2)cc1. The van der Waals surface area contributed by atoms with Crippen molar-refractivity contribution in [1.29, 1.82) is 0 Å². The molecule has 4 N–H and O–H groups in total. The first kappa shape index (κ1) is 23.9. The maximum Gasteiger partial charge on any atom is 0.329 e. The molecule has 1 aromatic heterocycles. The zero-order valence-electron chi connectivity index (χ0n) is 19.1. The summed E-state index contributed by atoms with van der Waals surface area (Å²) in [6.45, 7) is 4.20. The maximum absolute atomic E-state index is 11.4. The van der Waals surface area contributed by atoms with Crippen molar-refractivity contribution in [1.82, 2.24) is 9.97 Å². The zero-order valence-corrected chi connectivity index (χ0v) is 19.1. The number of aryl methyl sites for hydroxylation is 1. The molecule has 1 fully saturated rings. The summed E-state index contributed by atoms with van der Waals surface area (Å²) in [6.07, 6.45) is 10.5. The minimum Gasteiger partial charge on any atom is -0.364 e. The average molecular weight is 441 g/mol. The molecule has 2 aromatic rings. The van der Waals surface area contributed by atoms with E-state index in [4.69, 9.17) is 5.73 Å². The number of nitrogens with one attached hydrogen (secondary N) is 2. The van der Waals surface area contributed by atoms with E-state index in [9.17, 15) is 10.1 Å². The fourth-order valence-corrected chi connectivity index (χ4v) is 4.22. The first-order valence-electron chi connectivity index (χ1n) is 11.9. The van der Waals surface area contributed by atoms with Crippen LogP contribution < -0.4 is 16.4 Å². The number of hydrogen-bond donors (Lipinski definition) is 3. The smallest absolute Gasteiger partial charge is 0.329 e. The van der Waals surface area contributed by atoms with Crippen LogP contribution in [0.1, 0.15) is 63.0 Å². The van der Waals surface area contributed by atoms with Crippen molar-refractivity contribution in [3.8, 4) is 0 Å². The molecule has 8 heteroatoms. The van der Waals surface area contributed by atoms with Crippen LogP contribution in [0.15, 0.2) is 30.5 Å². The van der Waals surface area contributed by atoms with Crippen LogP contribution in [0.3, 0.4) is 0 Å². The second-order valence-electron chi connectivity index (χ2n) is 8.82. The van der Waals surface area contributed by atoms with Crippen LogP contribution in [-0.4, -0.2) is 28.0 Å². The van der Waals surface area contributed by atoms with E-state index in [0.29, 0.717) is 30.9 Å². The van der Waals surface area contributed by atoms with Crippen molar-refractivity contribution in [2.75, 3.05) is 23.7 Å². The van der Waals surface area contributed by atoms with E-state index in [1.807, 2.05) is 0 Å². The van der Waals surface area contributed by atoms with E-state index in [-0.39, 0.29) is 11.5 Å². The van der Waals surface area contributed by atoms with Crippen molar-refractivity contribution in [2.24, 2.45) is 17.6 Å². The van der Waals surface area contributed by atoms with Crippen LogP contribution in [0.4, 0.5) is 17.5 Å². The summed E-state index contributed by atoms with van der Waals surface area (Å²) >= 11 is 0. The van der Waals surface area contributed by atoms with Gasteiger partial charge in [-0.15, -0.1) is 0 Å². The number of aromatic nitrogens is 2. The van der Waals surface area contributed by atoms with E-state index in [1.54, 1.807) is 0 Å². The lowest BCUT2D eigenvalue weighted by atomic mass is 9.82. The first-order valence-corrected chi connectivity index (χ1v) is 11.9. The van der Waals surface area contributed by atoms with Gasteiger partial charge in [-0.05, 0) is 68.0 Å². The molecule has 0 aliphatic heterocycles. The third-order valence-electron chi connectivity index (χ3n) is 6.37. The lowest BCUT2D eigenvalue weighted by molar-refractivity contribution is -0.384. The van der Waals surface area contributed by atoms with E-state index < -0.39 is 4.92 Å². The Labute approximate surface area is 190 Å². The van der Waals surface area contributed by atoms with Gasteiger partial charge in [-0.1, -0.05) is 44.0 Å². The van der Waals surface area contributed by atoms with Crippen LogP contribution >= 0.6 is 0 Å². The molecular weight excluding hydrogens is 404 g/mol. The molecule has 1 aliphatic rings. The molecule has 0 amide bonds. The molecule has 1 heterocycles. The van der Waals surface area contributed by atoms with Crippen molar-refractivity contribution < 1.29 is 4.92 Å². The molecule has 0 bridgehead atoms. The molecule has 1 saturated carbocycles. The largest absolute Gasteiger partial charge is 0.364 e. The maximum atomic E-state index is 11.4. The molecule has 0 saturated heterocycles. The highest BCUT2D eigenvalue weighted by atomic mass is 16.6. The van der Waals surface area contributed by atoms with Gasteiger partial charge in [0, 0.05) is 13.1 Å². The van der Waals surface area contributed by atoms with Gasteiger partial charge >= 0.3 is 5.69 Å². The molecule has 8 nitrogen and oxygen atoms in total. The fourth-order valence-electron chi connectivity index (χ4n) is 4.22. The van der Waals surface area contributed by atoms with Gasteiger partial charge in [0.25, 0.3) is 0 Å². The number of nitrogens with zero attached hydrogens (tertiary/aromatic N) is 3. The van der Waals surface area contributed by atoms with Gasteiger partial charge in [0.2, 0.25) is 11.8 Å². The lowest BCUT2D eigenvalue weighted by Crippen LogP contribution is -2.25. The molecule has 0 atom stereocenters. The topological polar surface area (TPSA) is 119 Å². The highest BCUT2D eigenvalue weighted by Gasteiger charge is 2.22. The minimum atomic E-state index is -0.436.